The van der Waals surface area contributed by atoms with Crippen molar-refractivity contribution in [1.29, 1.82) is 0 Å². The maximum Gasteiger partial charge on any atom is 0.251 e. The molecule has 6 heteroatoms. The molecule has 2 amide bonds. The Morgan fingerprint density at radius 2 is 1.80 bits per heavy atom. The van der Waals surface area contributed by atoms with Gasteiger partial charge in [0.1, 0.15) is 5.75 Å². The number of nitrogens with zero attached hydrogens (tertiary/aromatic N) is 1. The summed E-state index contributed by atoms with van der Waals surface area (Å²) in [5.41, 5.74) is 0.492. The van der Waals surface area contributed by atoms with Crippen molar-refractivity contribution in [2.75, 3.05) is 40.8 Å². The molecule has 0 bridgehead atoms. The maximum absolute atomic E-state index is 11.8. The molecule has 0 unspecified atom stereocenters. The van der Waals surface area contributed by atoms with E-state index in [4.69, 9.17) is 4.74 Å². The van der Waals surface area contributed by atoms with E-state index in [-0.39, 0.29) is 18.4 Å². The number of hydrogen-bond donors (Lipinski definition) is 2. The Kier molecular flexibility index (Phi) is 6.52. The van der Waals surface area contributed by atoms with E-state index in [9.17, 15) is 9.59 Å². The standard InChI is InChI=1S/C14H21N3O3/c1-17(2)9-8-15-13(18)10-16-14(19)11-4-6-12(20-3)7-5-11/h4-7H,8-10H2,1-3H3,(H,15,18)(H,16,19). The molecule has 0 radical (unpaired) electrons. The van der Waals surface area contributed by atoms with E-state index >= 15 is 0 Å². The van der Waals surface area contributed by atoms with Gasteiger partial charge in [0.05, 0.1) is 13.7 Å². The number of amides is 2. The van der Waals surface area contributed by atoms with E-state index in [1.165, 1.54) is 0 Å². The first-order valence-electron chi connectivity index (χ1n) is 6.36. The summed E-state index contributed by atoms with van der Waals surface area (Å²) in [5, 5.41) is 5.29. The van der Waals surface area contributed by atoms with E-state index in [1.54, 1.807) is 31.4 Å². The summed E-state index contributed by atoms with van der Waals surface area (Å²) < 4.78 is 5.01. The number of carbonyl (C=O) groups is 2. The van der Waals surface area contributed by atoms with Gasteiger partial charge in [0.2, 0.25) is 5.91 Å². The van der Waals surface area contributed by atoms with Gasteiger partial charge in [-0.15, -0.1) is 0 Å². The molecule has 0 aliphatic carbocycles. The molecule has 20 heavy (non-hydrogen) atoms. The summed E-state index contributed by atoms with van der Waals surface area (Å²) in [6.07, 6.45) is 0. The fourth-order valence-corrected chi connectivity index (χ4v) is 1.49. The molecule has 0 spiro atoms. The van der Waals surface area contributed by atoms with Crippen LogP contribution in [0.5, 0.6) is 5.75 Å². The van der Waals surface area contributed by atoms with Gasteiger partial charge in [-0.2, -0.15) is 0 Å². The zero-order chi connectivity index (χ0) is 15.0. The van der Waals surface area contributed by atoms with Gasteiger partial charge in [-0.1, -0.05) is 0 Å². The van der Waals surface area contributed by atoms with Crippen molar-refractivity contribution in [2.24, 2.45) is 0 Å². The number of nitrogens with one attached hydrogen (secondary N) is 2. The number of carbonyl (C=O) groups excluding carboxylic acids is 2. The van der Waals surface area contributed by atoms with Crippen LogP contribution in [0.3, 0.4) is 0 Å². The highest BCUT2D eigenvalue weighted by atomic mass is 16.5. The molecule has 0 atom stereocenters. The van der Waals surface area contributed by atoms with Gasteiger partial charge in [-0.25, -0.2) is 0 Å². The SMILES string of the molecule is COc1ccc(C(=O)NCC(=O)NCCN(C)C)cc1. The molecule has 1 aromatic carbocycles. The van der Waals surface area contributed by atoms with E-state index in [0.717, 1.165) is 6.54 Å². The minimum Gasteiger partial charge on any atom is -0.497 e. The van der Waals surface area contributed by atoms with Gasteiger partial charge in [-0.3, -0.25) is 9.59 Å². The molecule has 110 valence electrons. The zero-order valence-electron chi connectivity index (χ0n) is 12.1. The van der Waals surface area contributed by atoms with E-state index in [2.05, 4.69) is 10.6 Å². The predicted molar refractivity (Wildman–Crippen MR) is 76.9 cm³/mol. The topological polar surface area (TPSA) is 70.7 Å². The maximum atomic E-state index is 11.8. The highest BCUT2D eigenvalue weighted by Gasteiger charge is 2.07. The van der Waals surface area contributed by atoms with Gasteiger partial charge in [0.15, 0.2) is 0 Å². The first-order chi connectivity index (χ1) is 9.52. The summed E-state index contributed by atoms with van der Waals surface area (Å²) in [6.45, 7) is 1.29. The van der Waals surface area contributed by atoms with Gasteiger partial charge in [0.25, 0.3) is 5.91 Å². The third kappa shape index (κ3) is 5.71. The smallest absolute Gasteiger partial charge is 0.251 e. The molecule has 0 saturated heterocycles. The van der Waals surface area contributed by atoms with E-state index in [1.807, 2.05) is 19.0 Å². The summed E-state index contributed by atoms with van der Waals surface area (Å²) in [5.74, 6) is 0.201. The van der Waals surface area contributed by atoms with Crippen LogP contribution in [0.1, 0.15) is 10.4 Å². The Balaban J connectivity index is 2.33. The largest absolute Gasteiger partial charge is 0.497 e. The number of likely N-dealkylation sites (N-methyl/N-ethyl adjacent to an activating group) is 1. The fourth-order valence-electron chi connectivity index (χ4n) is 1.49. The summed E-state index contributed by atoms with van der Waals surface area (Å²) in [4.78, 5) is 25.3. The predicted octanol–water partition coefficient (Wildman–Crippen LogP) is 0.103. The molecule has 0 aliphatic rings. The Bertz CT molecular complexity index is 443. The van der Waals surface area contributed by atoms with Crippen LogP contribution in [0.15, 0.2) is 24.3 Å². The van der Waals surface area contributed by atoms with Crippen LogP contribution >= 0.6 is 0 Å². The fraction of sp³-hybridized carbons (Fsp3) is 0.429. The molecule has 2 N–H and O–H groups in total. The van der Waals surface area contributed by atoms with Gasteiger partial charge in [-0.05, 0) is 38.4 Å². The molecule has 0 aromatic heterocycles. The van der Waals surface area contributed by atoms with Crippen molar-refractivity contribution in [2.45, 2.75) is 0 Å². The van der Waals surface area contributed by atoms with Gasteiger partial charge >= 0.3 is 0 Å². The minimum atomic E-state index is -0.282. The van der Waals surface area contributed by atoms with Crippen molar-refractivity contribution in [3.8, 4) is 5.75 Å². The lowest BCUT2D eigenvalue weighted by Gasteiger charge is -2.11. The Morgan fingerprint density at radius 3 is 2.35 bits per heavy atom. The van der Waals surface area contributed by atoms with Crippen LogP contribution in [-0.4, -0.2) is 57.6 Å². The zero-order valence-corrected chi connectivity index (χ0v) is 12.1. The van der Waals surface area contributed by atoms with Crippen LogP contribution in [0.25, 0.3) is 0 Å². The molecule has 0 aliphatic heterocycles. The normalized spacial score (nSPS) is 10.2. The highest BCUT2D eigenvalue weighted by molar-refractivity contribution is 5.96. The van der Waals surface area contributed by atoms with Crippen molar-refractivity contribution >= 4 is 11.8 Å². The molecular weight excluding hydrogens is 258 g/mol. The second-order valence-electron chi connectivity index (χ2n) is 4.56. The number of benzene rings is 1. The van der Waals surface area contributed by atoms with Crippen LogP contribution < -0.4 is 15.4 Å². The van der Waals surface area contributed by atoms with Crippen LogP contribution in [0.2, 0.25) is 0 Å². The van der Waals surface area contributed by atoms with Crippen LogP contribution in [0, 0.1) is 0 Å². The first kappa shape index (κ1) is 16.0. The van der Waals surface area contributed by atoms with E-state index < -0.39 is 0 Å². The lowest BCUT2D eigenvalue weighted by Crippen LogP contribution is -2.39. The highest BCUT2D eigenvalue weighted by Crippen LogP contribution is 2.10. The number of rotatable bonds is 7. The number of ether oxygens (including phenoxy) is 1. The third-order valence-electron chi connectivity index (χ3n) is 2.64. The number of hydrogen-bond acceptors (Lipinski definition) is 4. The summed E-state index contributed by atoms with van der Waals surface area (Å²) >= 11 is 0. The average Bonchev–Trinajstić information content (AvgIpc) is 2.44. The molecule has 0 saturated carbocycles. The van der Waals surface area contributed by atoms with Crippen molar-refractivity contribution in [3.63, 3.8) is 0 Å². The van der Waals surface area contributed by atoms with Crippen molar-refractivity contribution in [1.82, 2.24) is 15.5 Å². The molecule has 6 nitrogen and oxygen atoms in total. The lowest BCUT2D eigenvalue weighted by atomic mass is 10.2. The van der Waals surface area contributed by atoms with Crippen molar-refractivity contribution in [3.05, 3.63) is 29.8 Å². The van der Waals surface area contributed by atoms with Crippen LogP contribution in [-0.2, 0) is 4.79 Å². The monoisotopic (exact) mass is 279 g/mol. The number of methoxy groups -OCH3 is 1. The van der Waals surface area contributed by atoms with Gasteiger partial charge < -0.3 is 20.3 Å². The summed E-state index contributed by atoms with van der Waals surface area (Å²) in [7, 11) is 5.42. The first-order valence-corrected chi connectivity index (χ1v) is 6.36. The Hall–Kier alpha value is -2.08. The Morgan fingerprint density at radius 1 is 1.15 bits per heavy atom. The van der Waals surface area contributed by atoms with E-state index in [0.29, 0.717) is 17.9 Å². The molecule has 1 rings (SSSR count). The minimum absolute atomic E-state index is 0.0295. The lowest BCUT2D eigenvalue weighted by molar-refractivity contribution is -0.120. The van der Waals surface area contributed by atoms with Crippen LogP contribution in [0.4, 0.5) is 0 Å². The quantitative estimate of drug-likeness (QED) is 0.743. The second-order valence-corrected chi connectivity index (χ2v) is 4.56. The molecular formula is C14H21N3O3. The molecule has 1 aromatic rings. The second kappa shape index (κ2) is 8.16. The average molecular weight is 279 g/mol. The van der Waals surface area contributed by atoms with Gasteiger partial charge in [0, 0.05) is 18.7 Å². The Labute approximate surface area is 119 Å². The third-order valence-corrected chi connectivity index (χ3v) is 2.64. The summed E-state index contributed by atoms with van der Waals surface area (Å²) in [6, 6.07) is 6.70. The van der Waals surface area contributed by atoms with Crippen molar-refractivity contribution < 1.29 is 14.3 Å². The molecule has 0 heterocycles. The molecule has 0 fully saturated rings.